The molecule has 5 nitrogen and oxygen atoms in total. The number of thioether (sulfide) groups is 1. The molecule has 1 N–H and O–H groups in total. The number of halogens is 1. The third kappa shape index (κ3) is 5.34. The Hall–Kier alpha value is -2.78. The molecule has 9 heteroatoms. The zero-order valence-corrected chi connectivity index (χ0v) is 19.7. The normalized spacial score (nSPS) is 10.7. The van der Waals surface area contributed by atoms with Crippen LogP contribution in [0.1, 0.15) is 15.9 Å². The van der Waals surface area contributed by atoms with Gasteiger partial charge in [0.2, 0.25) is 5.91 Å². The molecule has 0 atom stereocenters. The molecule has 0 spiro atoms. The number of para-hydroxylation sites is 1. The fraction of sp³-hybridized carbons (Fsp3) is 0.0435. The summed E-state index contributed by atoms with van der Waals surface area (Å²) < 4.78 is 2.97. The Labute approximate surface area is 203 Å². The topological polar surface area (TPSA) is 64.0 Å². The van der Waals surface area contributed by atoms with Crippen LogP contribution in [0.4, 0.5) is 5.69 Å². The lowest BCUT2D eigenvalue weighted by Gasteiger charge is -2.11. The summed E-state index contributed by atoms with van der Waals surface area (Å²) in [5, 5.41) is 7.73. The summed E-state index contributed by atoms with van der Waals surface area (Å²) in [5.41, 5.74) is 2.14. The monoisotopic (exact) mass is 497 g/mol. The van der Waals surface area contributed by atoms with E-state index in [1.165, 1.54) is 23.1 Å². The molecule has 0 unspecified atom stereocenters. The second-order valence-corrected chi connectivity index (χ2v) is 9.88. The molecular weight excluding hydrogens is 482 g/mol. The molecule has 0 aliphatic carbocycles. The van der Waals surface area contributed by atoms with Crippen molar-refractivity contribution >= 4 is 64.3 Å². The fourth-order valence-electron chi connectivity index (χ4n) is 2.92. The van der Waals surface area contributed by atoms with Gasteiger partial charge in [-0.1, -0.05) is 83.2 Å². The maximum atomic E-state index is 12.9. The smallest absolute Gasteiger partial charge is 0.234 e. The van der Waals surface area contributed by atoms with Gasteiger partial charge in [-0.15, -0.1) is 5.10 Å². The van der Waals surface area contributed by atoms with Crippen molar-refractivity contribution in [2.45, 2.75) is 4.34 Å². The summed E-state index contributed by atoms with van der Waals surface area (Å²) in [6.07, 6.45) is 0. The second-order valence-electron chi connectivity index (χ2n) is 6.60. The molecule has 1 amide bonds. The first-order valence-corrected chi connectivity index (χ1v) is 12.1. The first kappa shape index (κ1) is 22.4. The molecule has 0 radical (unpaired) electrons. The highest BCUT2D eigenvalue weighted by Gasteiger charge is 2.17. The molecule has 1 heterocycles. The molecule has 32 heavy (non-hydrogen) atoms. The molecule has 1 aromatic heterocycles. The van der Waals surface area contributed by atoms with Crippen molar-refractivity contribution in [3.8, 4) is 5.69 Å². The molecular formula is C23H16ClN3O2S3. The molecule has 4 aromatic rings. The number of amides is 1. The highest BCUT2D eigenvalue weighted by Crippen LogP contribution is 2.26. The fourth-order valence-corrected chi connectivity index (χ4v) is 5.26. The van der Waals surface area contributed by atoms with Crippen LogP contribution in [-0.2, 0) is 4.79 Å². The summed E-state index contributed by atoms with van der Waals surface area (Å²) in [4.78, 5) is 25.5. The molecule has 0 bridgehead atoms. The van der Waals surface area contributed by atoms with Crippen molar-refractivity contribution in [1.82, 2.24) is 9.78 Å². The SMILES string of the molecule is O=C(CSc1nn(-c2ccccc2)c(=S)s1)Nc1ccc(Cl)cc1C(=O)c1ccccc1. The van der Waals surface area contributed by atoms with Crippen molar-refractivity contribution in [1.29, 1.82) is 0 Å². The number of nitrogens with one attached hydrogen (secondary N) is 1. The molecule has 0 saturated carbocycles. The van der Waals surface area contributed by atoms with Crippen molar-refractivity contribution in [2.75, 3.05) is 11.1 Å². The predicted octanol–water partition coefficient (Wildman–Crippen LogP) is 6.28. The Balaban J connectivity index is 1.46. The summed E-state index contributed by atoms with van der Waals surface area (Å²) >= 11 is 14.1. The number of hydrogen-bond acceptors (Lipinski definition) is 6. The first-order valence-electron chi connectivity index (χ1n) is 9.49. The zero-order valence-electron chi connectivity index (χ0n) is 16.5. The van der Waals surface area contributed by atoms with Crippen molar-refractivity contribution in [3.05, 3.63) is 99.0 Å². The maximum Gasteiger partial charge on any atom is 0.234 e. The summed E-state index contributed by atoms with van der Waals surface area (Å²) in [5.74, 6) is -0.346. The van der Waals surface area contributed by atoms with Gasteiger partial charge < -0.3 is 5.32 Å². The van der Waals surface area contributed by atoms with Crippen LogP contribution in [0.5, 0.6) is 0 Å². The molecule has 0 aliphatic rings. The van der Waals surface area contributed by atoms with Crippen LogP contribution in [0.3, 0.4) is 0 Å². The van der Waals surface area contributed by atoms with Crippen LogP contribution in [0.15, 0.2) is 83.2 Å². The van der Waals surface area contributed by atoms with E-state index in [0.29, 0.717) is 30.1 Å². The van der Waals surface area contributed by atoms with E-state index in [4.69, 9.17) is 23.8 Å². The van der Waals surface area contributed by atoms with E-state index in [2.05, 4.69) is 10.4 Å². The van der Waals surface area contributed by atoms with Gasteiger partial charge in [0.05, 0.1) is 17.1 Å². The first-order chi connectivity index (χ1) is 15.5. The van der Waals surface area contributed by atoms with Gasteiger partial charge in [-0.2, -0.15) is 0 Å². The molecule has 0 fully saturated rings. The number of nitrogens with zero attached hydrogens (tertiary/aromatic N) is 2. The van der Waals surface area contributed by atoms with Gasteiger partial charge in [-0.05, 0) is 42.5 Å². The number of carbonyl (C=O) groups excluding carboxylic acids is 2. The van der Waals surface area contributed by atoms with Gasteiger partial charge in [-0.3, -0.25) is 9.59 Å². The number of hydrogen-bond donors (Lipinski definition) is 1. The minimum atomic E-state index is -0.258. The third-order valence-corrected chi connectivity index (χ3v) is 6.99. The third-order valence-electron chi connectivity index (χ3n) is 4.39. The number of benzene rings is 3. The van der Waals surface area contributed by atoms with Crippen LogP contribution in [0, 0.1) is 3.95 Å². The number of aromatic nitrogens is 2. The average Bonchev–Trinajstić information content (AvgIpc) is 3.20. The number of carbonyl (C=O) groups is 2. The number of rotatable bonds is 7. The molecule has 160 valence electrons. The summed E-state index contributed by atoms with van der Waals surface area (Å²) in [6, 6.07) is 23.3. The van der Waals surface area contributed by atoms with E-state index in [1.807, 2.05) is 36.4 Å². The highest BCUT2D eigenvalue weighted by atomic mass is 35.5. The Kier molecular flexibility index (Phi) is 7.16. The minimum absolute atomic E-state index is 0.124. The number of anilines is 1. The van der Waals surface area contributed by atoms with Gasteiger partial charge in [0.1, 0.15) is 0 Å². The van der Waals surface area contributed by atoms with Crippen molar-refractivity contribution < 1.29 is 9.59 Å². The lowest BCUT2D eigenvalue weighted by atomic mass is 10.0. The number of ketones is 1. The minimum Gasteiger partial charge on any atom is -0.325 e. The molecule has 0 saturated heterocycles. The van der Waals surface area contributed by atoms with Crippen LogP contribution < -0.4 is 5.32 Å². The van der Waals surface area contributed by atoms with Gasteiger partial charge in [0.15, 0.2) is 14.1 Å². The van der Waals surface area contributed by atoms with E-state index >= 15 is 0 Å². The van der Waals surface area contributed by atoms with Crippen LogP contribution in [0.25, 0.3) is 5.69 Å². The lowest BCUT2D eigenvalue weighted by Crippen LogP contribution is -2.17. The highest BCUT2D eigenvalue weighted by molar-refractivity contribution is 8.01. The Morgan fingerprint density at radius 2 is 1.72 bits per heavy atom. The van der Waals surface area contributed by atoms with Gasteiger partial charge >= 0.3 is 0 Å². The quantitative estimate of drug-likeness (QED) is 0.185. The van der Waals surface area contributed by atoms with E-state index in [1.54, 1.807) is 47.1 Å². The Bertz CT molecular complexity index is 1320. The summed E-state index contributed by atoms with van der Waals surface area (Å²) in [7, 11) is 0. The van der Waals surface area contributed by atoms with Crippen LogP contribution >= 0.6 is 46.9 Å². The predicted molar refractivity (Wildman–Crippen MR) is 133 cm³/mol. The van der Waals surface area contributed by atoms with Gasteiger partial charge in [0.25, 0.3) is 0 Å². The largest absolute Gasteiger partial charge is 0.325 e. The standard InChI is InChI=1S/C23H16ClN3O2S3/c24-16-11-12-19(18(13-16)21(29)15-7-3-1-4-8-15)25-20(28)14-31-22-26-27(23(30)32-22)17-9-5-2-6-10-17/h1-13H,14H2,(H,25,28). The van der Waals surface area contributed by atoms with E-state index < -0.39 is 0 Å². The van der Waals surface area contributed by atoms with E-state index in [-0.39, 0.29) is 17.4 Å². The van der Waals surface area contributed by atoms with Crippen LogP contribution in [-0.4, -0.2) is 27.2 Å². The summed E-state index contributed by atoms with van der Waals surface area (Å²) in [6.45, 7) is 0. The van der Waals surface area contributed by atoms with Crippen molar-refractivity contribution in [2.24, 2.45) is 0 Å². The second kappa shape index (κ2) is 10.2. The van der Waals surface area contributed by atoms with E-state index in [9.17, 15) is 9.59 Å². The van der Waals surface area contributed by atoms with Gasteiger partial charge in [-0.25, -0.2) is 4.68 Å². The average molecular weight is 498 g/mol. The Morgan fingerprint density at radius 1 is 1.03 bits per heavy atom. The van der Waals surface area contributed by atoms with Crippen molar-refractivity contribution in [3.63, 3.8) is 0 Å². The zero-order chi connectivity index (χ0) is 22.5. The molecule has 0 aliphatic heterocycles. The Morgan fingerprint density at radius 3 is 2.44 bits per heavy atom. The van der Waals surface area contributed by atoms with E-state index in [0.717, 1.165) is 5.69 Å². The molecule has 3 aromatic carbocycles. The maximum absolute atomic E-state index is 12.9. The van der Waals surface area contributed by atoms with Crippen LogP contribution in [0.2, 0.25) is 5.02 Å². The lowest BCUT2D eigenvalue weighted by molar-refractivity contribution is -0.113. The van der Waals surface area contributed by atoms with Gasteiger partial charge in [0, 0.05) is 16.1 Å². The molecule has 4 rings (SSSR count).